The molecule has 0 atom stereocenters. The van der Waals surface area contributed by atoms with Gasteiger partial charge in [-0.15, -0.1) is 0 Å². The summed E-state index contributed by atoms with van der Waals surface area (Å²) >= 11 is 6.00. The Labute approximate surface area is 176 Å². The van der Waals surface area contributed by atoms with Gasteiger partial charge >= 0.3 is 0 Å². The predicted molar refractivity (Wildman–Crippen MR) is 109 cm³/mol. The van der Waals surface area contributed by atoms with Gasteiger partial charge in [-0.1, -0.05) is 29.8 Å². The molecule has 0 spiro atoms. The number of hydrogen-bond donors (Lipinski definition) is 0. The van der Waals surface area contributed by atoms with Gasteiger partial charge in [-0.2, -0.15) is 0 Å². The molecule has 0 aromatic heterocycles. The van der Waals surface area contributed by atoms with Crippen molar-refractivity contribution in [2.75, 3.05) is 18.1 Å². The third-order valence-corrected chi connectivity index (χ3v) is 5.09. The zero-order valence-electron chi connectivity index (χ0n) is 15.7. The minimum atomic E-state index is -0.870. The number of amides is 1. The van der Waals surface area contributed by atoms with Crippen molar-refractivity contribution in [1.29, 1.82) is 0 Å². The van der Waals surface area contributed by atoms with Crippen molar-refractivity contribution < 1.29 is 23.1 Å². The van der Waals surface area contributed by atoms with Gasteiger partial charge in [0, 0.05) is 28.9 Å². The Morgan fingerprint density at radius 1 is 1.00 bits per heavy atom. The van der Waals surface area contributed by atoms with Crippen molar-refractivity contribution in [3.05, 3.63) is 94.0 Å². The fraction of sp³-hybridized carbons (Fsp3) is 0.130. The van der Waals surface area contributed by atoms with Gasteiger partial charge in [0.2, 0.25) is 0 Å². The average molecular weight is 428 g/mol. The minimum absolute atomic E-state index is 0.0159. The van der Waals surface area contributed by atoms with Gasteiger partial charge in [0.15, 0.2) is 12.4 Å². The number of fused-ring (bicyclic) bond motifs is 1. The van der Waals surface area contributed by atoms with Crippen LogP contribution in [0.15, 0.2) is 60.7 Å². The molecular weight excluding hydrogens is 412 g/mol. The van der Waals surface area contributed by atoms with Gasteiger partial charge in [-0.25, -0.2) is 8.78 Å². The topological polar surface area (TPSA) is 46.6 Å². The normalized spacial score (nSPS) is 12.6. The minimum Gasteiger partial charge on any atom is -0.483 e. The Morgan fingerprint density at radius 2 is 1.73 bits per heavy atom. The van der Waals surface area contributed by atoms with Gasteiger partial charge in [0.1, 0.15) is 17.4 Å². The van der Waals surface area contributed by atoms with Crippen LogP contribution in [-0.2, 0) is 11.2 Å². The highest BCUT2D eigenvalue weighted by atomic mass is 35.5. The highest BCUT2D eigenvalue weighted by Gasteiger charge is 2.25. The molecule has 0 saturated heterocycles. The van der Waals surface area contributed by atoms with E-state index >= 15 is 0 Å². The molecule has 1 aliphatic heterocycles. The summed E-state index contributed by atoms with van der Waals surface area (Å²) in [5.74, 6) is -2.55. The second-order valence-electron chi connectivity index (χ2n) is 6.84. The molecule has 0 unspecified atom stereocenters. The fourth-order valence-electron chi connectivity index (χ4n) is 3.46. The summed E-state index contributed by atoms with van der Waals surface area (Å²) in [6.07, 6.45) is 0.762. The Morgan fingerprint density at radius 3 is 2.50 bits per heavy atom. The first kappa shape index (κ1) is 20.0. The van der Waals surface area contributed by atoms with E-state index < -0.39 is 17.4 Å². The van der Waals surface area contributed by atoms with E-state index in [0.717, 1.165) is 29.8 Å². The number of carbonyl (C=O) groups excluding carboxylic acids is 2. The maximum atomic E-state index is 13.5. The summed E-state index contributed by atoms with van der Waals surface area (Å²) in [5.41, 5.74) is 1.76. The third kappa shape index (κ3) is 4.04. The summed E-state index contributed by atoms with van der Waals surface area (Å²) in [4.78, 5) is 27.1. The van der Waals surface area contributed by atoms with Crippen LogP contribution in [0, 0.1) is 11.6 Å². The Kier molecular flexibility index (Phi) is 5.50. The van der Waals surface area contributed by atoms with Crippen LogP contribution in [0.25, 0.3) is 0 Å². The zero-order chi connectivity index (χ0) is 21.3. The maximum absolute atomic E-state index is 13.5. The van der Waals surface area contributed by atoms with Crippen molar-refractivity contribution >= 4 is 29.0 Å². The van der Waals surface area contributed by atoms with Gasteiger partial charge in [0.25, 0.3) is 5.91 Å². The monoisotopic (exact) mass is 427 g/mol. The molecule has 0 saturated carbocycles. The van der Waals surface area contributed by atoms with E-state index in [-0.39, 0.29) is 34.4 Å². The standard InChI is InChI=1S/C23H16ClF2NO3/c24-16-5-6-21(19(11-16)23(29)15-9-17(25)12-18(26)10-15)30-13-22(28)27-8-7-14-3-1-2-4-20(14)27/h1-6,9-12H,7-8,13H2. The number of rotatable bonds is 5. The molecule has 7 heteroatoms. The van der Waals surface area contributed by atoms with E-state index in [0.29, 0.717) is 12.6 Å². The highest BCUT2D eigenvalue weighted by molar-refractivity contribution is 6.31. The number of nitrogens with zero attached hydrogens (tertiary/aromatic N) is 1. The number of benzene rings is 3. The molecule has 30 heavy (non-hydrogen) atoms. The molecule has 0 bridgehead atoms. The molecule has 1 heterocycles. The molecule has 152 valence electrons. The van der Waals surface area contributed by atoms with E-state index in [2.05, 4.69) is 0 Å². The van der Waals surface area contributed by atoms with Crippen LogP contribution < -0.4 is 9.64 Å². The van der Waals surface area contributed by atoms with Crippen LogP contribution in [0.1, 0.15) is 21.5 Å². The fourth-order valence-corrected chi connectivity index (χ4v) is 3.63. The number of halogens is 3. The molecule has 4 rings (SSSR count). The van der Waals surface area contributed by atoms with E-state index in [1.165, 1.54) is 18.2 Å². The van der Waals surface area contributed by atoms with E-state index in [1.807, 2.05) is 24.3 Å². The first-order chi connectivity index (χ1) is 14.4. The van der Waals surface area contributed by atoms with E-state index in [1.54, 1.807) is 4.90 Å². The molecule has 1 amide bonds. The second kappa shape index (κ2) is 8.24. The van der Waals surface area contributed by atoms with Gasteiger partial charge in [0.05, 0.1) is 5.56 Å². The van der Waals surface area contributed by atoms with Crippen molar-refractivity contribution in [2.45, 2.75) is 6.42 Å². The van der Waals surface area contributed by atoms with Crippen LogP contribution in [0.4, 0.5) is 14.5 Å². The van der Waals surface area contributed by atoms with Crippen molar-refractivity contribution in [1.82, 2.24) is 0 Å². The van der Waals surface area contributed by atoms with Crippen LogP contribution in [0.2, 0.25) is 5.02 Å². The zero-order valence-corrected chi connectivity index (χ0v) is 16.5. The lowest BCUT2D eigenvalue weighted by atomic mass is 10.0. The number of anilines is 1. The van der Waals surface area contributed by atoms with E-state index in [4.69, 9.17) is 16.3 Å². The van der Waals surface area contributed by atoms with Gasteiger partial charge < -0.3 is 9.64 Å². The summed E-state index contributed by atoms with van der Waals surface area (Å²) in [7, 11) is 0. The van der Waals surface area contributed by atoms with Crippen molar-refractivity contribution in [3.63, 3.8) is 0 Å². The molecule has 4 nitrogen and oxygen atoms in total. The summed E-state index contributed by atoms with van der Waals surface area (Å²) < 4.78 is 32.7. The number of hydrogen-bond acceptors (Lipinski definition) is 3. The SMILES string of the molecule is O=C(c1cc(F)cc(F)c1)c1cc(Cl)ccc1OCC(=O)N1CCc2ccccc21. The largest absolute Gasteiger partial charge is 0.483 e. The Balaban J connectivity index is 1.55. The molecule has 0 fully saturated rings. The third-order valence-electron chi connectivity index (χ3n) is 4.85. The van der Waals surface area contributed by atoms with Crippen molar-refractivity contribution in [2.24, 2.45) is 0 Å². The van der Waals surface area contributed by atoms with Crippen LogP contribution in [-0.4, -0.2) is 24.8 Å². The predicted octanol–water partition coefficient (Wildman–Crippen LogP) is 4.82. The quantitative estimate of drug-likeness (QED) is 0.548. The second-order valence-corrected chi connectivity index (χ2v) is 7.28. The smallest absolute Gasteiger partial charge is 0.264 e. The first-order valence-electron chi connectivity index (χ1n) is 9.24. The summed E-state index contributed by atoms with van der Waals surface area (Å²) in [6, 6.07) is 14.5. The van der Waals surface area contributed by atoms with Crippen molar-refractivity contribution in [3.8, 4) is 5.75 Å². The molecule has 3 aromatic rings. The van der Waals surface area contributed by atoms with Gasteiger partial charge in [-0.3, -0.25) is 9.59 Å². The van der Waals surface area contributed by atoms with E-state index in [9.17, 15) is 18.4 Å². The lowest BCUT2D eigenvalue weighted by molar-refractivity contribution is -0.120. The molecule has 0 N–H and O–H groups in total. The first-order valence-corrected chi connectivity index (χ1v) is 9.61. The highest BCUT2D eigenvalue weighted by Crippen LogP contribution is 2.29. The molecule has 3 aromatic carbocycles. The number of para-hydroxylation sites is 1. The lowest BCUT2D eigenvalue weighted by Gasteiger charge is -2.18. The number of carbonyl (C=O) groups is 2. The molecule has 0 aliphatic carbocycles. The Hall–Kier alpha value is -3.25. The average Bonchev–Trinajstić information content (AvgIpc) is 3.15. The number of ether oxygens (including phenoxy) is 1. The maximum Gasteiger partial charge on any atom is 0.264 e. The van der Waals surface area contributed by atoms with Crippen LogP contribution in [0.3, 0.4) is 0 Å². The molecular formula is C23H16ClF2NO3. The number of ketones is 1. The summed E-state index contributed by atoms with van der Waals surface area (Å²) in [5, 5.41) is 0.252. The van der Waals surface area contributed by atoms with Crippen LogP contribution >= 0.6 is 11.6 Å². The van der Waals surface area contributed by atoms with Gasteiger partial charge in [-0.05, 0) is 48.4 Å². The molecule has 0 radical (unpaired) electrons. The molecule has 1 aliphatic rings. The summed E-state index contributed by atoms with van der Waals surface area (Å²) in [6.45, 7) is 0.254. The Bertz CT molecular complexity index is 1130. The van der Waals surface area contributed by atoms with Crippen LogP contribution in [0.5, 0.6) is 5.75 Å². The lowest BCUT2D eigenvalue weighted by Crippen LogP contribution is -2.33.